The third-order valence-electron chi connectivity index (χ3n) is 16.0. The standard InChI is InChI=1S/C66H131NO5/c1-3-5-7-9-11-13-15-17-19-21-23-25-27-28-29-30-31-32-33-34-35-36-37-38-40-42-44-46-48-50-52-54-56-58-60-64(70)66(72)67-62(61-68)65(71)63(69)59-57-55-53-51-49-47-45-43-41-39-26-24-22-20-18-16-14-12-10-8-6-4-2/h30-31,62-65,68-71H,3-29,32-61H2,1-2H3,(H,67,72)/b31-30-. The molecule has 0 spiro atoms. The molecule has 0 aliphatic heterocycles. The predicted octanol–water partition coefficient (Wildman–Crippen LogP) is 20.0. The maximum atomic E-state index is 12.6. The lowest BCUT2D eigenvalue weighted by Gasteiger charge is -2.27. The summed E-state index contributed by atoms with van der Waals surface area (Å²) in [5.74, 6) is -0.576. The van der Waals surface area contributed by atoms with Crippen molar-refractivity contribution in [2.75, 3.05) is 6.61 Å². The van der Waals surface area contributed by atoms with E-state index in [9.17, 15) is 25.2 Å². The first-order valence-corrected chi connectivity index (χ1v) is 33.1. The number of amides is 1. The Morgan fingerprint density at radius 1 is 0.333 bits per heavy atom. The minimum atomic E-state index is -1.26. The molecule has 430 valence electrons. The quantitative estimate of drug-likeness (QED) is 0.0308. The van der Waals surface area contributed by atoms with E-state index in [1.54, 1.807) is 0 Å². The summed E-state index contributed by atoms with van der Waals surface area (Å²) in [6, 6.07) is -0.983. The zero-order valence-corrected chi connectivity index (χ0v) is 49.0. The average molecular weight is 1020 g/mol. The van der Waals surface area contributed by atoms with Crippen molar-refractivity contribution in [2.24, 2.45) is 0 Å². The number of hydrogen-bond acceptors (Lipinski definition) is 5. The summed E-state index contributed by atoms with van der Waals surface area (Å²) in [6.07, 6.45) is 74.6. The van der Waals surface area contributed by atoms with Crippen molar-refractivity contribution in [1.82, 2.24) is 5.32 Å². The molecule has 0 radical (unpaired) electrons. The van der Waals surface area contributed by atoms with Crippen LogP contribution in [0.4, 0.5) is 0 Å². The summed E-state index contributed by atoms with van der Waals surface area (Å²) < 4.78 is 0. The number of nitrogens with one attached hydrogen (secondary N) is 1. The lowest BCUT2D eigenvalue weighted by Crippen LogP contribution is -2.53. The largest absolute Gasteiger partial charge is 0.394 e. The molecule has 0 saturated carbocycles. The Morgan fingerprint density at radius 3 is 0.806 bits per heavy atom. The lowest BCUT2D eigenvalue weighted by molar-refractivity contribution is -0.132. The number of carbonyl (C=O) groups excluding carboxylic acids is 1. The van der Waals surface area contributed by atoms with E-state index in [1.807, 2.05) is 0 Å². The van der Waals surface area contributed by atoms with Gasteiger partial charge in [0.15, 0.2) is 0 Å². The summed E-state index contributed by atoms with van der Waals surface area (Å²) >= 11 is 0. The van der Waals surface area contributed by atoms with Crippen molar-refractivity contribution in [2.45, 2.75) is 398 Å². The van der Waals surface area contributed by atoms with Gasteiger partial charge >= 0.3 is 0 Å². The Kier molecular flexibility index (Phi) is 60.1. The van der Waals surface area contributed by atoms with E-state index in [4.69, 9.17) is 0 Å². The van der Waals surface area contributed by atoms with E-state index in [-0.39, 0.29) is 0 Å². The normalized spacial score (nSPS) is 13.6. The molecule has 0 aromatic rings. The Balaban J connectivity index is 3.53. The second-order valence-corrected chi connectivity index (χ2v) is 23.2. The molecule has 6 heteroatoms. The summed E-state index contributed by atoms with van der Waals surface area (Å²) in [4.78, 5) is 12.6. The van der Waals surface area contributed by atoms with E-state index >= 15 is 0 Å². The third-order valence-corrected chi connectivity index (χ3v) is 16.0. The smallest absolute Gasteiger partial charge is 0.249 e. The molecule has 1 amide bonds. The molecular weight excluding hydrogens is 887 g/mol. The van der Waals surface area contributed by atoms with Crippen molar-refractivity contribution in [3.63, 3.8) is 0 Å². The van der Waals surface area contributed by atoms with Crippen LogP contribution >= 0.6 is 0 Å². The second kappa shape index (κ2) is 60.9. The Bertz CT molecular complexity index is 1050. The first-order chi connectivity index (χ1) is 35.5. The number of allylic oxidation sites excluding steroid dienone is 2. The number of carbonyl (C=O) groups is 1. The summed E-state index contributed by atoms with van der Waals surface area (Å²) in [7, 11) is 0. The van der Waals surface area contributed by atoms with Gasteiger partial charge in [-0.1, -0.05) is 347 Å². The van der Waals surface area contributed by atoms with Gasteiger partial charge in [0, 0.05) is 0 Å². The lowest BCUT2D eigenvalue weighted by atomic mass is 9.99. The fraction of sp³-hybridized carbons (Fsp3) is 0.955. The van der Waals surface area contributed by atoms with Gasteiger partial charge in [-0.15, -0.1) is 0 Å². The number of aliphatic hydroxyl groups excluding tert-OH is 4. The third kappa shape index (κ3) is 53.9. The molecule has 0 aliphatic carbocycles. The van der Waals surface area contributed by atoms with Crippen LogP contribution < -0.4 is 5.32 Å². The van der Waals surface area contributed by atoms with Gasteiger partial charge in [-0.3, -0.25) is 4.79 Å². The fourth-order valence-electron chi connectivity index (χ4n) is 10.8. The summed E-state index contributed by atoms with van der Waals surface area (Å²) in [5, 5.41) is 44.2. The molecule has 0 aromatic heterocycles. The molecule has 0 rings (SSSR count). The highest BCUT2D eigenvalue weighted by Crippen LogP contribution is 2.19. The van der Waals surface area contributed by atoms with Crippen LogP contribution in [0.5, 0.6) is 0 Å². The summed E-state index contributed by atoms with van der Waals surface area (Å²) in [5.41, 5.74) is 0. The second-order valence-electron chi connectivity index (χ2n) is 23.2. The molecule has 72 heavy (non-hydrogen) atoms. The van der Waals surface area contributed by atoms with Crippen molar-refractivity contribution in [3.8, 4) is 0 Å². The van der Waals surface area contributed by atoms with Gasteiger partial charge in [0.1, 0.15) is 12.2 Å². The fourth-order valence-corrected chi connectivity index (χ4v) is 10.8. The Labute approximate surface area is 451 Å². The Hall–Kier alpha value is -0.950. The highest BCUT2D eigenvalue weighted by atomic mass is 16.3. The zero-order chi connectivity index (χ0) is 52.3. The van der Waals surface area contributed by atoms with Crippen molar-refractivity contribution >= 4 is 5.91 Å². The molecule has 0 saturated heterocycles. The molecule has 0 fully saturated rings. The van der Waals surface area contributed by atoms with Gasteiger partial charge in [0.05, 0.1) is 18.8 Å². The highest BCUT2D eigenvalue weighted by molar-refractivity contribution is 5.80. The van der Waals surface area contributed by atoms with Gasteiger partial charge < -0.3 is 25.7 Å². The molecule has 0 heterocycles. The van der Waals surface area contributed by atoms with Gasteiger partial charge in [-0.25, -0.2) is 0 Å². The molecule has 0 aliphatic rings. The molecule has 0 bridgehead atoms. The number of unbranched alkanes of at least 4 members (excludes halogenated alkanes) is 51. The number of hydrogen-bond donors (Lipinski definition) is 5. The van der Waals surface area contributed by atoms with E-state index in [0.717, 1.165) is 38.5 Å². The van der Waals surface area contributed by atoms with Crippen molar-refractivity contribution in [3.05, 3.63) is 12.2 Å². The van der Waals surface area contributed by atoms with Gasteiger partial charge in [0.2, 0.25) is 5.91 Å². The molecule has 4 atom stereocenters. The highest BCUT2D eigenvalue weighted by Gasteiger charge is 2.28. The van der Waals surface area contributed by atoms with Crippen LogP contribution in [0.15, 0.2) is 12.2 Å². The molecule has 5 N–H and O–H groups in total. The maximum Gasteiger partial charge on any atom is 0.249 e. The van der Waals surface area contributed by atoms with Crippen LogP contribution in [-0.2, 0) is 4.79 Å². The van der Waals surface area contributed by atoms with Crippen molar-refractivity contribution < 1.29 is 25.2 Å². The first kappa shape index (κ1) is 71.0. The average Bonchev–Trinajstić information content (AvgIpc) is 3.39. The van der Waals surface area contributed by atoms with E-state index in [2.05, 4.69) is 31.3 Å². The van der Waals surface area contributed by atoms with Crippen LogP contribution in [0.3, 0.4) is 0 Å². The van der Waals surface area contributed by atoms with Gasteiger partial charge in [-0.05, 0) is 38.5 Å². The topological polar surface area (TPSA) is 110 Å². The maximum absolute atomic E-state index is 12.6. The minimum absolute atomic E-state index is 0.374. The van der Waals surface area contributed by atoms with Crippen LogP contribution in [-0.4, -0.2) is 57.3 Å². The first-order valence-electron chi connectivity index (χ1n) is 33.1. The SMILES string of the molecule is CCCCCCCCCCCCCCCC/C=C\CCCCCCCCCCCCCCCCCCC(O)C(=O)NC(CO)C(O)C(O)CCCCCCCCCCCCCCCCCCCCCCCC. The zero-order valence-electron chi connectivity index (χ0n) is 49.0. The Morgan fingerprint density at radius 2 is 0.556 bits per heavy atom. The monoisotopic (exact) mass is 1020 g/mol. The van der Waals surface area contributed by atoms with Gasteiger partial charge in [0.25, 0.3) is 0 Å². The van der Waals surface area contributed by atoms with Crippen LogP contribution in [0.1, 0.15) is 373 Å². The summed E-state index contributed by atoms with van der Waals surface area (Å²) in [6.45, 7) is 4.11. The minimum Gasteiger partial charge on any atom is -0.394 e. The predicted molar refractivity (Wildman–Crippen MR) is 316 cm³/mol. The van der Waals surface area contributed by atoms with E-state index in [0.29, 0.717) is 12.8 Å². The number of aliphatic hydroxyl groups is 4. The number of rotatable bonds is 62. The van der Waals surface area contributed by atoms with E-state index < -0.39 is 36.9 Å². The van der Waals surface area contributed by atoms with Gasteiger partial charge in [-0.2, -0.15) is 0 Å². The molecular formula is C66H131NO5. The van der Waals surface area contributed by atoms with E-state index in [1.165, 1.54) is 308 Å². The molecule has 6 nitrogen and oxygen atoms in total. The van der Waals surface area contributed by atoms with Crippen LogP contribution in [0.2, 0.25) is 0 Å². The van der Waals surface area contributed by atoms with Crippen LogP contribution in [0.25, 0.3) is 0 Å². The molecule has 4 unspecified atom stereocenters. The molecule has 0 aromatic carbocycles. The van der Waals surface area contributed by atoms with Crippen LogP contribution in [0, 0.1) is 0 Å². The van der Waals surface area contributed by atoms with Crippen molar-refractivity contribution in [1.29, 1.82) is 0 Å².